The molecule has 0 atom stereocenters. The van der Waals surface area contributed by atoms with Gasteiger partial charge in [-0.1, -0.05) is 243 Å². The second kappa shape index (κ2) is 21.1. The molecule has 0 N–H and O–H groups in total. The molecule has 10 aromatic carbocycles. The van der Waals surface area contributed by atoms with Gasteiger partial charge >= 0.3 is 0 Å². The van der Waals surface area contributed by atoms with Gasteiger partial charge in [0.2, 0.25) is 11.9 Å². The summed E-state index contributed by atoms with van der Waals surface area (Å²) in [4.78, 5) is 30.7. The number of rotatable bonds is 14. The molecule has 0 aliphatic rings. The quantitative estimate of drug-likeness (QED) is 0.0794. The molecule has 75 heavy (non-hydrogen) atoms. The van der Waals surface area contributed by atoms with Crippen LogP contribution < -0.4 is 30.5 Å². The fraction of sp³-hybridized carbons (Fsp3) is 0. The minimum Gasteiger partial charge on any atom is -0.311 e. The topological polar surface area (TPSA) is 70.9 Å². The van der Waals surface area contributed by atoms with Gasteiger partial charge in [0, 0.05) is 39.3 Å². The molecular weight excluding hydrogens is 931 g/mol. The third-order valence-electron chi connectivity index (χ3n) is 13.5. The standard InChI is InChI=1S/C67H49N7Si/c1-9-25-50(26-10-1)62-49-63(51-27-11-2-12-28-51)69-66(68-62)74(67-71-64(52-29-13-3-14-30-52)70-65(72-67)53-31-15-4-16-32-53)57-43-47-61(48-44-57)75(58-37-21-7-22-38-58,59-39-23-8-24-40-59)60-45-41-56(42-46-60)73(54-33-17-5-18-34-54)55-35-19-6-20-36-55/h1-49H. The lowest BCUT2D eigenvalue weighted by atomic mass is 10.1. The minimum absolute atomic E-state index is 0.381. The molecule has 0 unspecified atom stereocenters. The summed E-state index contributed by atoms with van der Waals surface area (Å²) >= 11 is 0. The van der Waals surface area contributed by atoms with E-state index in [9.17, 15) is 0 Å². The first-order valence-corrected chi connectivity index (χ1v) is 27.1. The fourth-order valence-corrected chi connectivity index (χ4v) is 14.7. The molecular formula is C67H49N7Si. The second-order valence-corrected chi connectivity index (χ2v) is 21.9. The first kappa shape index (κ1) is 46.2. The van der Waals surface area contributed by atoms with Gasteiger partial charge in [0.15, 0.2) is 19.7 Å². The van der Waals surface area contributed by atoms with Gasteiger partial charge < -0.3 is 4.90 Å². The zero-order valence-electron chi connectivity index (χ0n) is 40.9. The van der Waals surface area contributed by atoms with Crippen LogP contribution in [-0.2, 0) is 0 Å². The van der Waals surface area contributed by atoms with E-state index in [1.807, 2.05) is 102 Å². The Labute approximate surface area is 438 Å². The van der Waals surface area contributed by atoms with Crippen molar-refractivity contribution >= 4 is 63.5 Å². The smallest absolute Gasteiger partial charge is 0.241 e. The molecule has 356 valence electrons. The fourth-order valence-electron chi connectivity index (χ4n) is 9.96. The van der Waals surface area contributed by atoms with Gasteiger partial charge in [-0.15, -0.1) is 0 Å². The van der Waals surface area contributed by atoms with Crippen molar-refractivity contribution in [3.05, 3.63) is 297 Å². The Hall–Kier alpha value is -9.89. The third kappa shape index (κ3) is 9.41. The van der Waals surface area contributed by atoms with E-state index in [-0.39, 0.29) is 0 Å². The highest BCUT2D eigenvalue weighted by atomic mass is 28.3. The molecule has 2 heterocycles. The molecule has 12 rings (SSSR count). The predicted octanol–water partition coefficient (Wildman–Crippen LogP) is 13.6. The Morgan fingerprint density at radius 2 is 0.507 bits per heavy atom. The van der Waals surface area contributed by atoms with Gasteiger partial charge in [0.25, 0.3) is 0 Å². The van der Waals surface area contributed by atoms with Crippen LogP contribution in [0.4, 0.5) is 34.6 Å². The summed E-state index contributed by atoms with van der Waals surface area (Å²) in [5.41, 5.74) is 9.21. The SMILES string of the molecule is c1ccc(-c2cc(-c3ccccc3)nc(N(c3ccc([Si](c4ccccc4)(c4ccccc4)c4ccc(N(c5ccccc5)c5ccccc5)cc4)cc3)c3nc(-c4ccccc4)nc(-c4ccccc4)n3)n2)cc1. The van der Waals surface area contributed by atoms with E-state index in [0.29, 0.717) is 23.5 Å². The molecule has 2 aromatic heterocycles. The molecule has 0 radical (unpaired) electrons. The average molecular weight is 980 g/mol. The maximum absolute atomic E-state index is 5.39. The number of hydrogen-bond donors (Lipinski definition) is 0. The lowest BCUT2D eigenvalue weighted by Gasteiger charge is -2.35. The van der Waals surface area contributed by atoms with E-state index in [2.05, 4.69) is 205 Å². The normalized spacial score (nSPS) is 11.2. The maximum atomic E-state index is 5.39. The van der Waals surface area contributed by atoms with Crippen molar-refractivity contribution in [2.75, 3.05) is 9.80 Å². The third-order valence-corrected chi connectivity index (χ3v) is 18.3. The van der Waals surface area contributed by atoms with Gasteiger partial charge in [-0.05, 0) is 75.3 Å². The van der Waals surface area contributed by atoms with Crippen molar-refractivity contribution < 1.29 is 0 Å². The number of aromatic nitrogens is 5. The first-order valence-electron chi connectivity index (χ1n) is 25.1. The van der Waals surface area contributed by atoms with Gasteiger partial charge in [-0.3, -0.25) is 0 Å². The van der Waals surface area contributed by atoms with E-state index < -0.39 is 8.07 Å². The zero-order chi connectivity index (χ0) is 50.2. The van der Waals surface area contributed by atoms with Crippen LogP contribution in [0.1, 0.15) is 0 Å². The molecule has 0 saturated carbocycles. The van der Waals surface area contributed by atoms with Crippen LogP contribution in [0.3, 0.4) is 0 Å². The highest BCUT2D eigenvalue weighted by molar-refractivity contribution is 7.19. The van der Waals surface area contributed by atoms with E-state index in [0.717, 1.165) is 56.4 Å². The van der Waals surface area contributed by atoms with Crippen molar-refractivity contribution in [3.8, 4) is 45.3 Å². The summed E-state index contributed by atoms with van der Waals surface area (Å²) in [5.74, 6) is 1.86. The summed E-state index contributed by atoms with van der Waals surface area (Å²) < 4.78 is 0. The number of anilines is 6. The molecule has 0 fully saturated rings. The van der Waals surface area contributed by atoms with Crippen LogP contribution in [0.5, 0.6) is 0 Å². The average Bonchev–Trinajstić information content (AvgIpc) is 3.50. The van der Waals surface area contributed by atoms with Crippen LogP contribution in [0, 0.1) is 0 Å². The highest BCUT2D eigenvalue weighted by Gasteiger charge is 2.41. The number of hydrogen-bond acceptors (Lipinski definition) is 7. The lowest BCUT2D eigenvalue weighted by Crippen LogP contribution is -2.74. The zero-order valence-corrected chi connectivity index (χ0v) is 41.9. The molecule has 0 spiro atoms. The summed E-state index contributed by atoms with van der Waals surface area (Å²) in [6, 6.07) is 104. The lowest BCUT2D eigenvalue weighted by molar-refractivity contribution is 0.984. The van der Waals surface area contributed by atoms with Crippen molar-refractivity contribution in [1.82, 2.24) is 24.9 Å². The Bertz CT molecular complexity index is 3460. The number of nitrogens with zero attached hydrogens (tertiary/aromatic N) is 7. The summed E-state index contributed by atoms with van der Waals surface area (Å²) in [7, 11) is -3.05. The van der Waals surface area contributed by atoms with Crippen LogP contribution in [0.2, 0.25) is 0 Å². The van der Waals surface area contributed by atoms with E-state index in [1.54, 1.807) is 0 Å². The summed E-state index contributed by atoms with van der Waals surface area (Å²) in [5, 5.41) is 4.98. The van der Waals surface area contributed by atoms with Gasteiger partial charge in [-0.25, -0.2) is 19.9 Å². The van der Waals surface area contributed by atoms with Gasteiger partial charge in [0.1, 0.15) is 0 Å². The molecule has 12 aromatic rings. The Kier molecular flexibility index (Phi) is 13.0. The largest absolute Gasteiger partial charge is 0.311 e. The van der Waals surface area contributed by atoms with Crippen LogP contribution in [-0.4, -0.2) is 33.0 Å². The highest BCUT2D eigenvalue weighted by Crippen LogP contribution is 2.37. The molecule has 0 amide bonds. The maximum Gasteiger partial charge on any atom is 0.241 e. The molecule has 0 aliphatic heterocycles. The van der Waals surface area contributed by atoms with E-state index in [4.69, 9.17) is 24.9 Å². The molecule has 0 saturated heterocycles. The van der Waals surface area contributed by atoms with Crippen LogP contribution in [0.25, 0.3) is 45.3 Å². The first-order chi connectivity index (χ1) is 37.2. The second-order valence-electron chi connectivity index (χ2n) is 18.1. The molecule has 0 aliphatic carbocycles. The predicted molar refractivity (Wildman–Crippen MR) is 310 cm³/mol. The molecule has 0 bridgehead atoms. The van der Waals surface area contributed by atoms with Gasteiger partial charge in [-0.2, -0.15) is 9.97 Å². The monoisotopic (exact) mass is 979 g/mol. The van der Waals surface area contributed by atoms with Crippen molar-refractivity contribution in [3.63, 3.8) is 0 Å². The Morgan fingerprint density at radius 1 is 0.227 bits per heavy atom. The molecule has 7 nitrogen and oxygen atoms in total. The summed E-state index contributed by atoms with van der Waals surface area (Å²) in [6.45, 7) is 0. The van der Waals surface area contributed by atoms with E-state index >= 15 is 0 Å². The van der Waals surface area contributed by atoms with Crippen molar-refractivity contribution in [2.45, 2.75) is 0 Å². The number of para-hydroxylation sites is 2. The number of benzene rings is 10. The Morgan fingerprint density at radius 3 is 0.880 bits per heavy atom. The van der Waals surface area contributed by atoms with Gasteiger partial charge in [0.05, 0.1) is 17.1 Å². The van der Waals surface area contributed by atoms with E-state index in [1.165, 1.54) is 20.7 Å². The van der Waals surface area contributed by atoms with Crippen LogP contribution in [0.15, 0.2) is 297 Å². The van der Waals surface area contributed by atoms with Crippen molar-refractivity contribution in [1.29, 1.82) is 0 Å². The summed E-state index contributed by atoms with van der Waals surface area (Å²) in [6.07, 6.45) is 0. The van der Waals surface area contributed by atoms with Crippen LogP contribution >= 0.6 is 0 Å². The Balaban J connectivity index is 1.08. The van der Waals surface area contributed by atoms with Crippen molar-refractivity contribution in [2.24, 2.45) is 0 Å². The minimum atomic E-state index is -3.05. The molecule has 8 heteroatoms.